The molecule has 1 rings (SSSR count). The molecule has 90 valence electrons. The molecule has 0 aliphatic carbocycles. The minimum absolute atomic E-state index is 0.301. The first-order valence-corrected chi connectivity index (χ1v) is 5.78. The second-order valence-corrected chi connectivity index (χ2v) is 3.89. The standard InChI is InChI=1S/C13H22N2O/c1-3-15(13(9-14)11-16-2)10-12-7-5-4-6-8-12/h4-8,13H,3,9-11,14H2,1-2H3. The third-order valence-corrected chi connectivity index (χ3v) is 2.78. The molecular formula is C13H22N2O. The SMILES string of the molecule is CCN(Cc1ccccc1)C(CN)COC. The van der Waals surface area contributed by atoms with Gasteiger partial charge in [-0.15, -0.1) is 0 Å². The molecule has 3 nitrogen and oxygen atoms in total. The van der Waals surface area contributed by atoms with E-state index in [2.05, 4.69) is 36.1 Å². The lowest BCUT2D eigenvalue weighted by Crippen LogP contribution is -2.43. The maximum absolute atomic E-state index is 5.77. The highest BCUT2D eigenvalue weighted by Crippen LogP contribution is 2.07. The summed E-state index contributed by atoms with van der Waals surface area (Å²) < 4.78 is 5.19. The molecule has 0 saturated heterocycles. The lowest BCUT2D eigenvalue weighted by molar-refractivity contribution is 0.0927. The Balaban J connectivity index is 2.60. The largest absolute Gasteiger partial charge is 0.383 e. The van der Waals surface area contributed by atoms with Gasteiger partial charge in [0.15, 0.2) is 0 Å². The summed E-state index contributed by atoms with van der Waals surface area (Å²) >= 11 is 0. The van der Waals surface area contributed by atoms with Crippen molar-refractivity contribution in [3.05, 3.63) is 35.9 Å². The highest BCUT2D eigenvalue weighted by Gasteiger charge is 2.15. The molecule has 0 spiro atoms. The van der Waals surface area contributed by atoms with Crippen molar-refractivity contribution in [2.75, 3.05) is 26.8 Å². The van der Waals surface area contributed by atoms with Gasteiger partial charge < -0.3 is 10.5 Å². The monoisotopic (exact) mass is 222 g/mol. The van der Waals surface area contributed by atoms with Crippen LogP contribution in [0.5, 0.6) is 0 Å². The Labute approximate surface area is 98.2 Å². The number of methoxy groups -OCH3 is 1. The fraction of sp³-hybridized carbons (Fsp3) is 0.538. The van der Waals surface area contributed by atoms with Gasteiger partial charge in [-0.25, -0.2) is 0 Å². The number of hydrogen-bond donors (Lipinski definition) is 1. The number of hydrogen-bond acceptors (Lipinski definition) is 3. The summed E-state index contributed by atoms with van der Waals surface area (Å²) in [5.74, 6) is 0. The lowest BCUT2D eigenvalue weighted by Gasteiger charge is -2.29. The summed E-state index contributed by atoms with van der Waals surface area (Å²) in [6.07, 6.45) is 0. The average Bonchev–Trinajstić information content (AvgIpc) is 2.35. The van der Waals surface area contributed by atoms with E-state index in [0.29, 0.717) is 19.2 Å². The van der Waals surface area contributed by atoms with E-state index in [9.17, 15) is 0 Å². The summed E-state index contributed by atoms with van der Waals surface area (Å²) in [5, 5.41) is 0. The van der Waals surface area contributed by atoms with Crippen molar-refractivity contribution in [1.29, 1.82) is 0 Å². The van der Waals surface area contributed by atoms with Crippen LogP contribution in [-0.4, -0.2) is 37.7 Å². The molecule has 16 heavy (non-hydrogen) atoms. The first kappa shape index (κ1) is 13.2. The van der Waals surface area contributed by atoms with Crippen LogP contribution in [0.25, 0.3) is 0 Å². The predicted octanol–water partition coefficient (Wildman–Crippen LogP) is 1.48. The molecule has 0 aliphatic heterocycles. The molecule has 0 fully saturated rings. The van der Waals surface area contributed by atoms with Crippen molar-refractivity contribution in [2.45, 2.75) is 19.5 Å². The van der Waals surface area contributed by atoms with Gasteiger partial charge in [-0.1, -0.05) is 37.3 Å². The van der Waals surface area contributed by atoms with Crippen molar-refractivity contribution in [1.82, 2.24) is 4.90 Å². The van der Waals surface area contributed by atoms with Crippen molar-refractivity contribution < 1.29 is 4.74 Å². The molecule has 1 unspecified atom stereocenters. The number of nitrogens with zero attached hydrogens (tertiary/aromatic N) is 1. The maximum atomic E-state index is 5.77. The lowest BCUT2D eigenvalue weighted by atomic mass is 10.1. The third kappa shape index (κ3) is 3.93. The van der Waals surface area contributed by atoms with E-state index in [1.165, 1.54) is 5.56 Å². The highest BCUT2D eigenvalue weighted by atomic mass is 16.5. The Morgan fingerprint density at radius 3 is 2.50 bits per heavy atom. The van der Waals surface area contributed by atoms with Crippen molar-refractivity contribution in [2.24, 2.45) is 5.73 Å². The van der Waals surface area contributed by atoms with Crippen LogP contribution in [0.2, 0.25) is 0 Å². The molecule has 0 heterocycles. The zero-order valence-corrected chi connectivity index (χ0v) is 10.2. The normalized spacial score (nSPS) is 13.0. The van der Waals surface area contributed by atoms with E-state index in [-0.39, 0.29) is 0 Å². The topological polar surface area (TPSA) is 38.5 Å². The van der Waals surface area contributed by atoms with Crippen LogP contribution >= 0.6 is 0 Å². The van der Waals surface area contributed by atoms with E-state index in [0.717, 1.165) is 13.1 Å². The zero-order valence-electron chi connectivity index (χ0n) is 10.2. The molecular weight excluding hydrogens is 200 g/mol. The maximum Gasteiger partial charge on any atom is 0.0630 e. The second kappa shape index (κ2) is 7.39. The Morgan fingerprint density at radius 2 is 2.00 bits per heavy atom. The minimum atomic E-state index is 0.301. The van der Waals surface area contributed by atoms with Crippen LogP contribution < -0.4 is 5.73 Å². The first-order valence-electron chi connectivity index (χ1n) is 5.78. The number of benzene rings is 1. The molecule has 0 aliphatic rings. The Kier molecular flexibility index (Phi) is 6.08. The molecule has 0 radical (unpaired) electrons. The molecule has 2 N–H and O–H groups in total. The van der Waals surface area contributed by atoms with Gasteiger partial charge in [-0.2, -0.15) is 0 Å². The number of rotatable bonds is 7. The molecule has 1 aromatic carbocycles. The summed E-state index contributed by atoms with van der Waals surface area (Å²) in [6, 6.07) is 10.8. The molecule has 0 saturated carbocycles. The number of nitrogens with two attached hydrogens (primary N) is 1. The summed E-state index contributed by atoms with van der Waals surface area (Å²) in [6.45, 7) is 5.40. The average molecular weight is 222 g/mol. The molecule has 3 heteroatoms. The smallest absolute Gasteiger partial charge is 0.0630 e. The summed E-state index contributed by atoms with van der Waals surface area (Å²) in [7, 11) is 1.72. The molecule has 0 bridgehead atoms. The first-order chi connectivity index (χ1) is 7.81. The predicted molar refractivity (Wildman–Crippen MR) is 67.2 cm³/mol. The Hall–Kier alpha value is -0.900. The molecule has 0 amide bonds. The van der Waals surface area contributed by atoms with Crippen LogP contribution in [0.4, 0.5) is 0 Å². The van der Waals surface area contributed by atoms with Crippen LogP contribution in [0.3, 0.4) is 0 Å². The van der Waals surface area contributed by atoms with Crippen LogP contribution in [-0.2, 0) is 11.3 Å². The Bertz CT molecular complexity index is 277. The quantitative estimate of drug-likeness (QED) is 0.759. The van der Waals surface area contributed by atoms with E-state index in [1.807, 2.05) is 6.07 Å². The molecule has 1 atom stereocenters. The van der Waals surface area contributed by atoms with E-state index in [1.54, 1.807) is 7.11 Å². The van der Waals surface area contributed by atoms with Crippen molar-refractivity contribution >= 4 is 0 Å². The van der Waals surface area contributed by atoms with Gasteiger partial charge in [-0.05, 0) is 12.1 Å². The van der Waals surface area contributed by atoms with E-state index < -0.39 is 0 Å². The highest BCUT2D eigenvalue weighted by molar-refractivity contribution is 5.14. The van der Waals surface area contributed by atoms with Gasteiger partial charge in [0.05, 0.1) is 6.61 Å². The minimum Gasteiger partial charge on any atom is -0.383 e. The third-order valence-electron chi connectivity index (χ3n) is 2.78. The van der Waals surface area contributed by atoms with Gasteiger partial charge in [0, 0.05) is 26.2 Å². The summed E-state index contributed by atoms with van der Waals surface area (Å²) in [5.41, 5.74) is 7.09. The fourth-order valence-electron chi connectivity index (χ4n) is 1.83. The van der Waals surface area contributed by atoms with E-state index in [4.69, 9.17) is 10.5 Å². The zero-order chi connectivity index (χ0) is 11.8. The Morgan fingerprint density at radius 1 is 1.31 bits per heavy atom. The van der Waals surface area contributed by atoms with E-state index >= 15 is 0 Å². The molecule has 1 aromatic rings. The fourth-order valence-corrected chi connectivity index (χ4v) is 1.83. The van der Waals surface area contributed by atoms with Crippen LogP contribution in [0, 0.1) is 0 Å². The van der Waals surface area contributed by atoms with Gasteiger partial charge >= 0.3 is 0 Å². The van der Waals surface area contributed by atoms with Gasteiger partial charge in [0.25, 0.3) is 0 Å². The van der Waals surface area contributed by atoms with Gasteiger partial charge in [0.2, 0.25) is 0 Å². The number of likely N-dealkylation sites (N-methyl/N-ethyl adjacent to an activating group) is 1. The summed E-state index contributed by atoms with van der Waals surface area (Å²) in [4.78, 5) is 2.35. The van der Waals surface area contributed by atoms with Crippen LogP contribution in [0.1, 0.15) is 12.5 Å². The van der Waals surface area contributed by atoms with Crippen molar-refractivity contribution in [3.63, 3.8) is 0 Å². The van der Waals surface area contributed by atoms with Crippen LogP contribution in [0.15, 0.2) is 30.3 Å². The number of ether oxygens (including phenoxy) is 1. The van der Waals surface area contributed by atoms with Gasteiger partial charge in [0.1, 0.15) is 0 Å². The van der Waals surface area contributed by atoms with Gasteiger partial charge in [-0.3, -0.25) is 4.90 Å². The molecule has 0 aromatic heterocycles. The second-order valence-electron chi connectivity index (χ2n) is 3.89. The van der Waals surface area contributed by atoms with Crippen molar-refractivity contribution in [3.8, 4) is 0 Å².